The second-order valence-corrected chi connectivity index (χ2v) is 10.7. The van der Waals surface area contributed by atoms with Gasteiger partial charge in [0, 0.05) is 54.2 Å². The van der Waals surface area contributed by atoms with Gasteiger partial charge in [-0.05, 0) is 65.9 Å². The number of para-hydroxylation sites is 1. The first kappa shape index (κ1) is 28.3. The van der Waals surface area contributed by atoms with Crippen molar-refractivity contribution in [3.05, 3.63) is 106 Å². The van der Waals surface area contributed by atoms with Crippen LogP contribution < -0.4 is 10.6 Å². The van der Waals surface area contributed by atoms with Crippen LogP contribution in [0.4, 0.5) is 8.78 Å². The first-order chi connectivity index (χ1) is 19.7. The highest BCUT2D eigenvalue weighted by molar-refractivity contribution is 6.30. The van der Waals surface area contributed by atoms with Crippen LogP contribution in [0.25, 0.3) is 10.9 Å². The molecule has 4 aromatic rings. The number of nitrogens with zero attached hydrogens (tertiary/aromatic N) is 1. The third kappa shape index (κ3) is 6.57. The van der Waals surface area contributed by atoms with E-state index in [9.17, 15) is 23.2 Å². The zero-order valence-corrected chi connectivity index (χ0v) is 23.1. The molecule has 0 saturated carbocycles. The van der Waals surface area contributed by atoms with Crippen LogP contribution in [-0.2, 0) is 40.3 Å². The Morgan fingerprint density at radius 2 is 1.76 bits per heavy atom. The molecule has 2 atom stereocenters. The van der Waals surface area contributed by atoms with Crippen LogP contribution in [0.15, 0.2) is 66.9 Å². The van der Waals surface area contributed by atoms with Gasteiger partial charge >= 0.3 is 0 Å². The van der Waals surface area contributed by atoms with E-state index in [1.807, 2.05) is 48.7 Å². The monoisotopic (exact) mass is 578 g/mol. The van der Waals surface area contributed by atoms with Crippen molar-refractivity contribution in [2.24, 2.45) is 5.92 Å². The van der Waals surface area contributed by atoms with Crippen molar-refractivity contribution in [2.45, 2.75) is 38.9 Å². The van der Waals surface area contributed by atoms with Gasteiger partial charge in [0.25, 0.3) is 0 Å². The molecule has 0 saturated heterocycles. The first-order valence-corrected chi connectivity index (χ1v) is 13.7. The number of carbonyl (C=O) groups is 3. The summed E-state index contributed by atoms with van der Waals surface area (Å²) in [6.07, 6.45) is 2.69. The Bertz CT molecular complexity index is 1600. The van der Waals surface area contributed by atoms with Crippen molar-refractivity contribution < 1.29 is 23.2 Å². The lowest BCUT2D eigenvalue weighted by Crippen LogP contribution is -2.53. The van der Waals surface area contributed by atoms with Crippen LogP contribution in [0.3, 0.4) is 0 Å². The molecule has 10 heteroatoms. The number of H-pyrrole nitrogens is 1. The maximum Gasteiger partial charge on any atom is 0.245 e. The normalized spacial score (nSPS) is 14.3. The maximum absolute atomic E-state index is 13.9. The second-order valence-electron chi connectivity index (χ2n) is 10.3. The molecule has 3 amide bonds. The SMILES string of the molecule is CC(C(=O)NCc1cc(F)cc(F)c1)C(=O)NC(Cc1c[nH]c2ccccc12)C(=O)N1CCc2ccc(Cl)cc2C1. The lowest BCUT2D eigenvalue weighted by Gasteiger charge is -2.32. The molecule has 2 heterocycles. The summed E-state index contributed by atoms with van der Waals surface area (Å²) in [5, 5.41) is 6.86. The van der Waals surface area contributed by atoms with E-state index in [1.165, 1.54) is 6.92 Å². The van der Waals surface area contributed by atoms with Crippen LogP contribution in [0.1, 0.15) is 29.2 Å². The summed E-state index contributed by atoms with van der Waals surface area (Å²) >= 11 is 6.19. The summed E-state index contributed by atoms with van der Waals surface area (Å²) in [5.74, 6) is -4.22. The third-order valence-electron chi connectivity index (χ3n) is 7.38. The van der Waals surface area contributed by atoms with Gasteiger partial charge in [0.15, 0.2) is 0 Å². The average molecular weight is 579 g/mol. The molecule has 1 aromatic heterocycles. The molecule has 1 aliphatic heterocycles. The molecule has 7 nitrogen and oxygen atoms in total. The number of benzene rings is 3. The first-order valence-electron chi connectivity index (χ1n) is 13.3. The summed E-state index contributed by atoms with van der Waals surface area (Å²) in [4.78, 5) is 44.8. The van der Waals surface area contributed by atoms with E-state index in [4.69, 9.17) is 11.6 Å². The van der Waals surface area contributed by atoms with Crippen LogP contribution >= 0.6 is 11.6 Å². The molecule has 0 radical (unpaired) electrons. The van der Waals surface area contributed by atoms with Crippen molar-refractivity contribution in [3.8, 4) is 0 Å². The van der Waals surface area contributed by atoms with Gasteiger partial charge in [0.1, 0.15) is 23.6 Å². The molecular formula is C31H29ClF2N4O3. The smallest absolute Gasteiger partial charge is 0.245 e. The molecule has 0 bridgehead atoms. The van der Waals surface area contributed by atoms with Gasteiger partial charge in [-0.3, -0.25) is 14.4 Å². The number of carbonyl (C=O) groups excluding carboxylic acids is 3. The summed E-state index contributed by atoms with van der Waals surface area (Å²) < 4.78 is 27.0. The van der Waals surface area contributed by atoms with Gasteiger partial charge in [-0.15, -0.1) is 0 Å². The van der Waals surface area contributed by atoms with E-state index < -0.39 is 35.4 Å². The number of hydrogen-bond acceptors (Lipinski definition) is 3. The van der Waals surface area contributed by atoms with Crippen molar-refractivity contribution in [1.29, 1.82) is 0 Å². The molecule has 0 fully saturated rings. The van der Waals surface area contributed by atoms with Crippen molar-refractivity contribution in [1.82, 2.24) is 20.5 Å². The molecule has 0 aliphatic carbocycles. The number of hydrogen-bond donors (Lipinski definition) is 3. The minimum Gasteiger partial charge on any atom is -0.361 e. The van der Waals surface area contributed by atoms with Gasteiger partial charge in [0.2, 0.25) is 17.7 Å². The summed E-state index contributed by atoms with van der Waals surface area (Å²) in [5.41, 5.74) is 4.06. The molecule has 1 aliphatic rings. The minimum atomic E-state index is -1.16. The van der Waals surface area contributed by atoms with E-state index in [2.05, 4.69) is 15.6 Å². The Balaban J connectivity index is 1.32. The lowest BCUT2D eigenvalue weighted by atomic mass is 9.97. The summed E-state index contributed by atoms with van der Waals surface area (Å²) in [7, 11) is 0. The lowest BCUT2D eigenvalue weighted by molar-refractivity contribution is -0.140. The van der Waals surface area contributed by atoms with E-state index in [0.717, 1.165) is 45.8 Å². The molecule has 5 rings (SSSR count). The van der Waals surface area contributed by atoms with Crippen molar-refractivity contribution in [2.75, 3.05) is 6.54 Å². The molecule has 41 heavy (non-hydrogen) atoms. The van der Waals surface area contributed by atoms with Gasteiger partial charge in [0.05, 0.1) is 0 Å². The zero-order chi connectivity index (χ0) is 29.1. The van der Waals surface area contributed by atoms with Crippen LogP contribution in [0.2, 0.25) is 5.02 Å². The number of amides is 3. The Hall–Kier alpha value is -4.24. The number of halogens is 3. The molecular weight excluding hydrogens is 550 g/mol. The molecule has 0 spiro atoms. The quantitative estimate of drug-likeness (QED) is 0.265. The fourth-order valence-corrected chi connectivity index (χ4v) is 5.32. The van der Waals surface area contributed by atoms with E-state index in [1.54, 1.807) is 4.90 Å². The minimum absolute atomic E-state index is 0.154. The molecule has 3 aromatic carbocycles. The fraction of sp³-hybridized carbons (Fsp3) is 0.258. The van der Waals surface area contributed by atoms with Crippen LogP contribution in [0.5, 0.6) is 0 Å². The van der Waals surface area contributed by atoms with E-state index in [0.29, 0.717) is 24.5 Å². The van der Waals surface area contributed by atoms with Crippen LogP contribution in [0, 0.1) is 17.6 Å². The number of nitrogens with one attached hydrogen (secondary N) is 3. The highest BCUT2D eigenvalue weighted by Gasteiger charge is 2.32. The predicted octanol–water partition coefficient (Wildman–Crippen LogP) is 4.66. The maximum atomic E-state index is 13.9. The standard InChI is InChI=1S/C31H29ClF2N4O3/c1-18(29(39)36-15-19-10-24(33)14-25(34)11-19)30(40)37-28(13-21-16-35-27-5-3-2-4-26(21)27)31(41)38-9-8-20-6-7-23(32)12-22(20)17-38/h2-7,10-12,14,16,18,28,35H,8-9,13,15,17H2,1H3,(H,36,39)(H,37,40). The highest BCUT2D eigenvalue weighted by Crippen LogP contribution is 2.25. The molecule has 2 unspecified atom stereocenters. The summed E-state index contributed by atoms with van der Waals surface area (Å²) in [6, 6.07) is 15.3. The van der Waals surface area contributed by atoms with Gasteiger partial charge in [-0.1, -0.05) is 35.9 Å². The van der Waals surface area contributed by atoms with Crippen molar-refractivity contribution in [3.63, 3.8) is 0 Å². The number of fused-ring (bicyclic) bond motifs is 2. The van der Waals surface area contributed by atoms with Crippen LogP contribution in [-0.4, -0.2) is 40.2 Å². The Morgan fingerprint density at radius 1 is 1.00 bits per heavy atom. The van der Waals surface area contributed by atoms with Crippen molar-refractivity contribution >= 4 is 40.2 Å². The van der Waals surface area contributed by atoms with E-state index >= 15 is 0 Å². The largest absolute Gasteiger partial charge is 0.361 e. The number of aromatic amines is 1. The topological polar surface area (TPSA) is 94.3 Å². The van der Waals surface area contributed by atoms with Gasteiger partial charge in [-0.2, -0.15) is 0 Å². The zero-order valence-electron chi connectivity index (χ0n) is 22.3. The highest BCUT2D eigenvalue weighted by atomic mass is 35.5. The molecule has 212 valence electrons. The predicted molar refractivity (Wildman–Crippen MR) is 152 cm³/mol. The number of aromatic nitrogens is 1. The second kappa shape index (κ2) is 12.1. The fourth-order valence-electron chi connectivity index (χ4n) is 5.13. The number of rotatable bonds is 8. The average Bonchev–Trinajstić information content (AvgIpc) is 3.36. The van der Waals surface area contributed by atoms with Gasteiger partial charge < -0.3 is 20.5 Å². The molecule has 3 N–H and O–H groups in total. The summed E-state index contributed by atoms with van der Waals surface area (Å²) in [6.45, 7) is 2.10. The van der Waals surface area contributed by atoms with Gasteiger partial charge in [-0.25, -0.2) is 8.78 Å². The third-order valence-corrected chi connectivity index (χ3v) is 7.62. The Morgan fingerprint density at radius 3 is 2.54 bits per heavy atom. The van der Waals surface area contributed by atoms with E-state index in [-0.39, 0.29) is 24.4 Å². The Kier molecular flexibility index (Phi) is 8.35. The Labute approximate surface area is 240 Å².